The fourth-order valence-electron chi connectivity index (χ4n) is 3.04. The summed E-state index contributed by atoms with van der Waals surface area (Å²) in [5.74, 6) is 0. The molecule has 1 aliphatic heterocycles. The fraction of sp³-hybridized carbons (Fsp3) is 0.650. The van der Waals surface area contributed by atoms with Gasteiger partial charge >= 0.3 is 6.09 Å². The molecule has 6 heteroatoms. The molecule has 1 atom stereocenters. The predicted octanol–water partition coefficient (Wildman–Crippen LogP) is 3.28. The Morgan fingerprint density at radius 1 is 1.23 bits per heavy atom. The Morgan fingerprint density at radius 2 is 1.85 bits per heavy atom. The van der Waals surface area contributed by atoms with E-state index in [9.17, 15) is 9.90 Å². The monoisotopic (exact) mass is 365 g/mol. The van der Waals surface area contributed by atoms with E-state index in [1.807, 2.05) is 51.1 Å². The number of carbonyl (C=O) groups is 1. The molecule has 6 nitrogen and oxygen atoms in total. The van der Waals surface area contributed by atoms with Gasteiger partial charge in [-0.2, -0.15) is 0 Å². The number of piperidine rings is 1. The number of rotatable bonds is 7. The Morgan fingerprint density at radius 3 is 2.38 bits per heavy atom. The molecule has 0 aromatic heterocycles. The van der Waals surface area contributed by atoms with Crippen LogP contribution in [0.15, 0.2) is 30.3 Å². The summed E-state index contributed by atoms with van der Waals surface area (Å²) < 4.78 is 11.9. The Balaban J connectivity index is 1.95. The third-order valence-corrected chi connectivity index (χ3v) is 4.60. The minimum absolute atomic E-state index is 0.254. The van der Waals surface area contributed by atoms with E-state index in [1.54, 1.807) is 0 Å². The number of hydrogen-bond acceptors (Lipinski definition) is 4. The smallest absolute Gasteiger partial charge is 0.407 e. The van der Waals surface area contributed by atoms with Gasteiger partial charge in [-0.15, -0.1) is 0 Å². The summed E-state index contributed by atoms with van der Waals surface area (Å²) in [6.07, 6.45) is 0.0828. The van der Waals surface area contributed by atoms with Gasteiger partial charge in [0.05, 0.1) is 30.5 Å². The van der Waals surface area contributed by atoms with Crippen LogP contribution in [0.25, 0.3) is 0 Å². The van der Waals surface area contributed by atoms with Gasteiger partial charge < -0.3 is 24.6 Å². The second-order valence-corrected chi connectivity index (χ2v) is 8.04. The summed E-state index contributed by atoms with van der Waals surface area (Å²) in [5.41, 5.74) is -0.140. The Kier molecular flexibility index (Phi) is 7.03. The SMILES string of the molecule is CC(C)(C)OCC(CC1(O)CCN(C(=O)O)CC1)OCc1ccccc1. The zero-order chi connectivity index (χ0) is 19.2. The molecule has 1 aliphatic rings. The van der Waals surface area contributed by atoms with Crippen molar-refractivity contribution in [1.29, 1.82) is 0 Å². The van der Waals surface area contributed by atoms with Crippen molar-refractivity contribution < 1.29 is 24.5 Å². The molecule has 1 unspecified atom stereocenters. The van der Waals surface area contributed by atoms with E-state index in [0.717, 1.165) is 5.56 Å². The summed E-state index contributed by atoms with van der Waals surface area (Å²) in [6.45, 7) is 7.50. The molecule has 0 aliphatic carbocycles. The topological polar surface area (TPSA) is 79.2 Å². The van der Waals surface area contributed by atoms with E-state index >= 15 is 0 Å². The van der Waals surface area contributed by atoms with Crippen LogP contribution >= 0.6 is 0 Å². The summed E-state index contributed by atoms with van der Waals surface area (Å²) in [4.78, 5) is 12.4. The highest BCUT2D eigenvalue weighted by Gasteiger charge is 2.36. The summed E-state index contributed by atoms with van der Waals surface area (Å²) in [5, 5.41) is 20.0. The van der Waals surface area contributed by atoms with E-state index in [0.29, 0.717) is 45.6 Å². The number of ether oxygens (including phenoxy) is 2. The highest BCUT2D eigenvalue weighted by molar-refractivity contribution is 5.65. The number of benzene rings is 1. The van der Waals surface area contributed by atoms with Crippen molar-refractivity contribution in [3.63, 3.8) is 0 Å². The van der Waals surface area contributed by atoms with E-state index in [1.165, 1.54) is 4.90 Å². The van der Waals surface area contributed by atoms with Crippen molar-refractivity contribution in [2.75, 3.05) is 19.7 Å². The molecule has 0 saturated carbocycles. The lowest BCUT2D eigenvalue weighted by molar-refractivity contribution is -0.116. The molecule has 1 fully saturated rings. The van der Waals surface area contributed by atoms with Crippen LogP contribution in [0.5, 0.6) is 0 Å². The standard InChI is InChI=1S/C20H31NO5/c1-19(2,3)26-15-17(25-14-16-7-5-4-6-8-16)13-20(24)9-11-21(12-10-20)18(22)23/h4-8,17,24H,9-15H2,1-3H3,(H,22,23). The molecule has 2 N–H and O–H groups in total. The average molecular weight is 365 g/mol. The van der Waals surface area contributed by atoms with Crippen LogP contribution in [0.3, 0.4) is 0 Å². The van der Waals surface area contributed by atoms with Gasteiger partial charge in [-0.25, -0.2) is 4.79 Å². The number of carboxylic acid groups (broad SMARTS) is 1. The van der Waals surface area contributed by atoms with Crippen molar-refractivity contribution in [2.45, 2.75) is 63.9 Å². The summed E-state index contributed by atoms with van der Waals surface area (Å²) in [6, 6.07) is 9.90. The molecule has 2 rings (SSSR count). The van der Waals surface area contributed by atoms with Crippen LogP contribution in [0.4, 0.5) is 4.79 Å². The molecule has 26 heavy (non-hydrogen) atoms. The molecule has 1 amide bonds. The van der Waals surface area contributed by atoms with Gasteiger partial charge in [0.15, 0.2) is 0 Å². The third-order valence-electron chi connectivity index (χ3n) is 4.60. The first-order valence-corrected chi connectivity index (χ1v) is 9.17. The molecule has 1 heterocycles. The lowest BCUT2D eigenvalue weighted by Gasteiger charge is -2.39. The zero-order valence-corrected chi connectivity index (χ0v) is 16.0. The van der Waals surface area contributed by atoms with E-state index in [4.69, 9.17) is 14.6 Å². The highest BCUT2D eigenvalue weighted by Crippen LogP contribution is 2.29. The van der Waals surface area contributed by atoms with E-state index in [-0.39, 0.29) is 11.7 Å². The molecule has 0 bridgehead atoms. The lowest BCUT2D eigenvalue weighted by Crippen LogP contribution is -2.48. The Labute approximate surface area is 155 Å². The minimum Gasteiger partial charge on any atom is -0.465 e. The molecule has 1 aromatic rings. The first-order chi connectivity index (χ1) is 12.2. The quantitative estimate of drug-likeness (QED) is 0.775. The van der Waals surface area contributed by atoms with Crippen molar-refractivity contribution >= 4 is 6.09 Å². The van der Waals surface area contributed by atoms with Crippen LogP contribution in [-0.4, -0.2) is 58.2 Å². The van der Waals surface area contributed by atoms with Crippen molar-refractivity contribution in [3.8, 4) is 0 Å². The van der Waals surface area contributed by atoms with Crippen LogP contribution < -0.4 is 0 Å². The highest BCUT2D eigenvalue weighted by atomic mass is 16.5. The average Bonchev–Trinajstić information content (AvgIpc) is 2.58. The molecule has 0 radical (unpaired) electrons. The second kappa shape index (κ2) is 8.84. The molecular weight excluding hydrogens is 334 g/mol. The van der Waals surface area contributed by atoms with Gasteiger partial charge in [0.1, 0.15) is 0 Å². The summed E-state index contributed by atoms with van der Waals surface area (Å²) >= 11 is 0. The van der Waals surface area contributed by atoms with Gasteiger partial charge in [0, 0.05) is 19.5 Å². The lowest BCUT2D eigenvalue weighted by atomic mass is 9.86. The van der Waals surface area contributed by atoms with Gasteiger partial charge in [0.2, 0.25) is 0 Å². The zero-order valence-electron chi connectivity index (χ0n) is 16.0. The predicted molar refractivity (Wildman–Crippen MR) is 99.1 cm³/mol. The normalized spacial score (nSPS) is 18.5. The number of aliphatic hydroxyl groups is 1. The molecule has 146 valence electrons. The second-order valence-electron chi connectivity index (χ2n) is 8.04. The minimum atomic E-state index is -0.931. The van der Waals surface area contributed by atoms with Crippen LogP contribution in [0, 0.1) is 0 Å². The largest absolute Gasteiger partial charge is 0.465 e. The fourth-order valence-corrected chi connectivity index (χ4v) is 3.04. The summed E-state index contributed by atoms with van der Waals surface area (Å²) in [7, 11) is 0. The Hall–Kier alpha value is -1.63. The van der Waals surface area contributed by atoms with Crippen molar-refractivity contribution in [1.82, 2.24) is 4.90 Å². The van der Waals surface area contributed by atoms with Crippen LogP contribution in [-0.2, 0) is 16.1 Å². The third kappa shape index (κ3) is 6.94. The molecule has 0 spiro atoms. The number of amides is 1. The number of nitrogens with zero attached hydrogens (tertiary/aromatic N) is 1. The maximum atomic E-state index is 11.1. The van der Waals surface area contributed by atoms with E-state index in [2.05, 4.69) is 0 Å². The number of likely N-dealkylation sites (tertiary alicyclic amines) is 1. The first kappa shape index (κ1) is 20.7. The number of hydrogen-bond donors (Lipinski definition) is 2. The van der Waals surface area contributed by atoms with Gasteiger partial charge in [0.25, 0.3) is 0 Å². The first-order valence-electron chi connectivity index (χ1n) is 9.17. The maximum absolute atomic E-state index is 11.1. The van der Waals surface area contributed by atoms with Gasteiger partial charge in [-0.1, -0.05) is 30.3 Å². The van der Waals surface area contributed by atoms with E-state index < -0.39 is 11.7 Å². The van der Waals surface area contributed by atoms with Crippen LogP contribution in [0.2, 0.25) is 0 Å². The Bertz CT molecular complexity index is 561. The van der Waals surface area contributed by atoms with Gasteiger partial charge in [-0.05, 0) is 39.2 Å². The van der Waals surface area contributed by atoms with Gasteiger partial charge in [-0.3, -0.25) is 0 Å². The molecule has 1 aromatic carbocycles. The van der Waals surface area contributed by atoms with Crippen LogP contribution in [0.1, 0.15) is 45.6 Å². The molecule has 1 saturated heterocycles. The molecular formula is C20H31NO5. The van der Waals surface area contributed by atoms with Crippen molar-refractivity contribution in [3.05, 3.63) is 35.9 Å². The maximum Gasteiger partial charge on any atom is 0.407 e. The van der Waals surface area contributed by atoms with Crippen molar-refractivity contribution in [2.24, 2.45) is 0 Å².